The summed E-state index contributed by atoms with van der Waals surface area (Å²) in [5, 5.41) is 19.2. The molecule has 1 aromatic rings. The van der Waals surface area contributed by atoms with Gasteiger partial charge in [-0.2, -0.15) is 0 Å². The number of benzene rings is 1. The summed E-state index contributed by atoms with van der Waals surface area (Å²) in [4.78, 5) is 25.1. The molecule has 1 aliphatic heterocycles. The molecule has 2 rings (SSSR count). The lowest BCUT2D eigenvalue weighted by molar-refractivity contribution is -0.142. The first-order valence-electron chi connectivity index (χ1n) is 6.08. The fraction of sp³-hybridized carbons (Fsp3) is 0.385. The Kier molecular flexibility index (Phi) is 5.30. The van der Waals surface area contributed by atoms with Gasteiger partial charge in [0.1, 0.15) is 11.7 Å². The highest BCUT2D eigenvalue weighted by Gasteiger charge is 2.39. The van der Waals surface area contributed by atoms with Crippen molar-refractivity contribution >= 4 is 57.1 Å². The highest BCUT2D eigenvalue weighted by atomic mass is 127. The minimum absolute atomic E-state index is 0.0846. The largest absolute Gasteiger partial charge is 0.506 e. The van der Waals surface area contributed by atoms with Crippen LogP contribution in [0.4, 0.5) is 0 Å². The molecule has 2 N–H and O–H groups in total. The number of phenols is 1. The Morgan fingerprint density at radius 1 is 1.33 bits per heavy atom. The summed E-state index contributed by atoms with van der Waals surface area (Å²) < 4.78 is 6.58. The number of halogens is 2. The van der Waals surface area contributed by atoms with Crippen LogP contribution in [0.5, 0.6) is 5.75 Å². The maximum Gasteiger partial charge on any atom is 0.311 e. The number of nitrogens with zero attached hydrogens (tertiary/aromatic N) is 1. The first kappa shape index (κ1) is 16.7. The van der Waals surface area contributed by atoms with Gasteiger partial charge in [0.25, 0.3) is 5.91 Å². The number of rotatable bonds is 3. The van der Waals surface area contributed by atoms with Gasteiger partial charge in [0.2, 0.25) is 0 Å². The Bertz CT molecular complexity index is 592. The molecule has 2 atom stereocenters. The van der Waals surface area contributed by atoms with Crippen LogP contribution in [0.25, 0.3) is 0 Å². The number of phenolic OH excluding ortho intramolecular Hbond substituents is 1. The monoisotopic (exact) mass is 517 g/mol. The van der Waals surface area contributed by atoms with Crippen molar-refractivity contribution in [3.63, 3.8) is 0 Å². The van der Waals surface area contributed by atoms with Gasteiger partial charge in [-0.1, -0.05) is 0 Å². The molecule has 21 heavy (non-hydrogen) atoms. The van der Waals surface area contributed by atoms with Gasteiger partial charge in [0, 0.05) is 10.6 Å². The average Bonchev–Trinajstić information content (AvgIpc) is 2.90. The zero-order valence-electron chi connectivity index (χ0n) is 11.0. The van der Waals surface area contributed by atoms with Crippen LogP contribution in [0, 0.1) is 13.1 Å². The number of carbonyl (C=O) groups is 2. The standard InChI is InChI=1S/C13H13I2NO5/c1-16(10-5-21-4-8(10)13(19)20)12(18)7-2-6(14)3-9(15)11(7)17/h2-3,8,10,17H,4-5H2,1H3,(H,19,20). The van der Waals surface area contributed by atoms with Crippen molar-refractivity contribution in [2.45, 2.75) is 6.04 Å². The number of carboxylic acids is 1. The fourth-order valence-corrected chi connectivity index (χ4v) is 4.07. The Morgan fingerprint density at radius 2 is 2.00 bits per heavy atom. The number of hydrogen-bond acceptors (Lipinski definition) is 4. The van der Waals surface area contributed by atoms with Gasteiger partial charge in [0.15, 0.2) is 0 Å². The Morgan fingerprint density at radius 3 is 2.62 bits per heavy atom. The van der Waals surface area contributed by atoms with Crippen molar-refractivity contribution in [1.82, 2.24) is 4.90 Å². The molecule has 0 radical (unpaired) electrons. The molecule has 1 fully saturated rings. The summed E-state index contributed by atoms with van der Waals surface area (Å²) >= 11 is 4.01. The van der Waals surface area contributed by atoms with Gasteiger partial charge in [-0.05, 0) is 57.3 Å². The van der Waals surface area contributed by atoms with Crippen molar-refractivity contribution in [2.75, 3.05) is 20.3 Å². The van der Waals surface area contributed by atoms with Crippen molar-refractivity contribution < 1.29 is 24.5 Å². The van der Waals surface area contributed by atoms with E-state index in [2.05, 4.69) is 22.6 Å². The number of hydrogen-bond donors (Lipinski definition) is 2. The zero-order valence-corrected chi connectivity index (χ0v) is 15.4. The van der Waals surface area contributed by atoms with E-state index in [1.807, 2.05) is 22.6 Å². The summed E-state index contributed by atoms with van der Waals surface area (Å²) in [5.41, 5.74) is 0.171. The van der Waals surface area contributed by atoms with E-state index in [1.165, 1.54) is 11.9 Å². The van der Waals surface area contributed by atoms with E-state index >= 15 is 0 Å². The second-order valence-corrected chi connectivity index (χ2v) is 7.16. The van der Waals surface area contributed by atoms with E-state index in [9.17, 15) is 14.7 Å². The molecule has 0 aliphatic carbocycles. The number of aliphatic carboxylic acids is 1. The number of amides is 1. The quantitative estimate of drug-likeness (QED) is 0.598. The molecule has 114 valence electrons. The van der Waals surface area contributed by atoms with E-state index in [1.54, 1.807) is 12.1 Å². The molecular formula is C13H13I2NO5. The Balaban J connectivity index is 2.30. The van der Waals surface area contributed by atoms with Crippen LogP contribution in [0.15, 0.2) is 12.1 Å². The molecule has 0 saturated carbocycles. The summed E-state index contributed by atoms with van der Waals surface area (Å²) in [6.45, 7) is 0.272. The highest BCUT2D eigenvalue weighted by Crippen LogP contribution is 2.29. The molecule has 8 heteroatoms. The third kappa shape index (κ3) is 3.42. The molecular weight excluding hydrogens is 504 g/mol. The predicted octanol–water partition coefficient (Wildman–Crippen LogP) is 1.77. The van der Waals surface area contributed by atoms with Crippen LogP contribution in [0.1, 0.15) is 10.4 Å². The van der Waals surface area contributed by atoms with Crippen molar-refractivity contribution in [1.29, 1.82) is 0 Å². The lowest BCUT2D eigenvalue weighted by Gasteiger charge is -2.26. The summed E-state index contributed by atoms with van der Waals surface area (Å²) in [5.74, 6) is -2.23. The van der Waals surface area contributed by atoms with Gasteiger partial charge >= 0.3 is 5.97 Å². The molecule has 0 aromatic heterocycles. The maximum atomic E-state index is 12.5. The van der Waals surface area contributed by atoms with E-state index in [0.717, 1.165) is 3.57 Å². The second kappa shape index (κ2) is 6.65. The summed E-state index contributed by atoms with van der Waals surface area (Å²) in [7, 11) is 1.53. The van der Waals surface area contributed by atoms with Crippen LogP contribution >= 0.6 is 45.2 Å². The fourth-order valence-electron chi connectivity index (χ4n) is 2.23. The van der Waals surface area contributed by atoms with Gasteiger partial charge in [-0.25, -0.2) is 0 Å². The smallest absolute Gasteiger partial charge is 0.311 e. The number of ether oxygens (including phenoxy) is 1. The van der Waals surface area contributed by atoms with Gasteiger partial charge in [0.05, 0.1) is 28.4 Å². The number of carbonyl (C=O) groups excluding carboxylic acids is 1. The molecule has 1 saturated heterocycles. The topological polar surface area (TPSA) is 87.1 Å². The maximum absolute atomic E-state index is 12.5. The third-order valence-corrected chi connectivity index (χ3v) is 4.89. The zero-order chi connectivity index (χ0) is 15.7. The van der Waals surface area contributed by atoms with Crippen LogP contribution in [-0.4, -0.2) is 53.3 Å². The third-order valence-electron chi connectivity index (χ3n) is 3.44. The van der Waals surface area contributed by atoms with E-state index in [-0.39, 0.29) is 24.5 Å². The summed E-state index contributed by atoms with van der Waals surface area (Å²) in [6.07, 6.45) is 0. The van der Waals surface area contributed by atoms with E-state index in [4.69, 9.17) is 9.84 Å². The number of aromatic hydroxyl groups is 1. The average molecular weight is 517 g/mol. The van der Waals surface area contributed by atoms with Crippen molar-refractivity contribution in [2.24, 2.45) is 5.92 Å². The van der Waals surface area contributed by atoms with Crippen molar-refractivity contribution in [3.05, 3.63) is 24.8 Å². The molecule has 0 spiro atoms. The molecule has 1 aromatic carbocycles. The molecule has 0 bridgehead atoms. The number of likely N-dealkylation sites (N-methyl/N-ethyl adjacent to an activating group) is 1. The van der Waals surface area contributed by atoms with Gasteiger partial charge in [-0.15, -0.1) is 0 Å². The van der Waals surface area contributed by atoms with Crippen molar-refractivity contribution in [3.8, 4) is 5.75 Å². The van der Waals surface area contributed by atoms with E-state index in [0.29, 0.717) is 3.57 Å². The number of carboxylic acid groups (broad SMARTS) is 1. The highest BCUT2D eigenvalue weighted by molar-refractivity contribution is 14.1. The first-order valence-corrected chi connectivity index (χ1v) is 8.24. The minimum atomic E-state index is -0.987. The SMILES string of the molecule is CN(C(=O)c1cc(I)cc(I)c1O)C1COCC1C(=O)O. The van der Waals surface area contributed by atoms with Crippen LogP contribution in [0.3, 0.4) is 0 Å². The first-order chi connectivity index (χ1) is 9.82. The molecule has 1 aliphatic rings. The van der Waals surface area contributed by atoms with Crippen LogP contribution < -0.4 is 0 Å². The lowest BCUT2D eigenvalue weighted by Crippen LogP contribution is -2.44. The second-order valence-electron chi connectivity index (χ2n) is 4.75. The van der Waals surface area contributed by atoms with Gasteiger partial charge in [-0.3, -0.25) is 9.59 Å². The molecule has 6 nitrogen and oxygen atoms in total. The predicted molar refractivity (Wildman–Crippen MR) is 91.4 cm³/mol. The van der Waals surface area contributed by atoms with Crippen LogP contribution in [0.2, 0.25) is 0 Å². The summed E-state index contributed by atoms with van der Waals surface area (Å²) in [6, 6.07) is 2.80. The Hall–Kier alpha value is -0.620. The molecule has 1 heterocycles. The Labute approximate surface area is 148 Å². The minimum Gasteiger partial charge on any atom is -0.506 e. The van der Waals surface area contributed by atoms with E-state index < -0.39 is 23.8 Å². The molecule has 2 unspecified atom stereocenters. The van der Waals surface area contributed by atoms with Gasteiger partial charge < -0.3 is 19.8 Å². The normalized spacial score (nSPS) is 21.3. The lowest BCUT2D eigenvalue weighted by atomic mass is 10.0. The van der Waals surface area contributed by atoms with Crippen LogP contribution in [-0.2, 0) is 9.53 Å². The molecule has 1 amide bonds.